The number of aromatic amines is 1. The Labute approximate surface area is 106 Å². The summed E-state index contributed by atoms with van der Waals surface area (Å²) in [6.45, 7) is 1.89. The maximum absolute atomic E-state index is 11.7. The molecule has 0 saturated carbocycles. The van der Waals surface area contributed by atoms with Crippen LogP contribution in [0.15, 0.2) is 12.1 Å². The van der Waals surface area contributed by atoms with Crippen LogP contribution in [-0.2, 0) is 4.79 Å². The number of aromatic hydroxyl groups is 1. The quantitative estimate of drug-likeness (QED) is 0.522. The van der Waals surface area contributed by atoms with Gasteiger partial charge in [0.1, 0.15) is 0 Å². The van der Waals surface area contributed by atoms with E-state index in [0.717, 1.165) is 0 Å². The summed E-state index contributed by atoms with van der Waals surface area (Å²) in [6.07, 6.45) is 0. The van der Waals surface area contributed by atoms with Crippen LogP contribution in [0.5, 0.6) is 11.5 Å². The molecule has 0 spiro atoms. The summed E-state index contributed by atoms with van der Waals surface area (Å²) in [6, 6.07) is 2.96. The second-order valence-electron chi connectivity index (χ2n) is 3.56. The smallest absolute Gasteiger partial charge is 0.298 e. The van der Waals surface area contributed by atoms with Gasteiger partial charge in [-0.3, -0.25) is 9.59 Å². The molecule has 0 radical (unpaired) electrons. The number of aryl methyl sites for hydroxylation is 1. The number of H-pyrrole nitrogens is 1. The fraction of sp³-hybridized carbons (Fsp3) is 0.100. The fourth-order valence-electron chi connectivity index (χ4n) is 1.42. The van der Waals surface area contributed by atoms with E-state index in [1.165, 1.54) is 12.1 Å². The van der Waals surface area contributed by atoms with Gasteiger partial charge in [0.25, 0.3) is 18.2 Å². The molecular formula is C10H9N5O4. The topological polar surface area (TPSA) is 130 Å². The molecule has 0 aliphatic carbocycles. The predicted octanol–water partition coefficient (Wildman–Crippen LogP) is 0.00122. The summed E-state index contributed by atoms with van der Waals surface area (Å²) in [5.41, 5.74) is 0.754. The second kappa shape index (κ2) is 5.12. The van der Waals surface area contributed by atoms with Gasteiger partial charge in [-0.25, -0.2) is 0 Å². The summed E-state index contributed by atoms with van der Waals surface area (Å²) in [4.78, 5) is 22.0. The highest BCUT2D eigenvalue weighted by atomic mass is 16.5. The molecule has 9 heteroatoms. The van der Waals surface area contributed by atoms with Gasteiger partial charge in [0.2, 0.25) is 0 Å². The van der Waals surface area contributed by atoms with Crippen molar-refractivity contribution in [1.29, 1.82) is 0 Å². The van der Waals surface area contributed by atoms with E-state index in [2.05, 4.69) is 30.7 Å². The second-order valence-corrected chi connectivity index (χ2v) is 3.56. The molecule has 1 heterocycles. The third-order valence-electron chi connectivity index (χ3n) is 2.19. The minimum Gasteiger partial charge on any atom is -0.503 e. The lowest BCUT2D eigenvalue weighted by atomic mass is 10.2. The Morgan fingerprint density at radius 2 is 2.32 bits per heavy atom. The highest BCUT2D eigenvalue weighted by Gasteiger charge is 2.16. The van der Waals surface area contributed by atoms with Gasteiger partial charge in [0.05, 0.1) is 5.69 Å². The fourth-order valence-corrected chi connectivity index (χ4v) is 1.42. The van der Waals surface area contributed by atoms with Crippen LogP contribution in [0.1, 0.15) is 16.2 Å². The number of nitrogens with one attached hydrogen (secondary N) is 2. The van der Waals surface area contributed by atoms with E-state index in [0.29, 0.717) is 5.56 Å². The van der Waals surface area contributed by atoms with Gasteiger partial charge < -0.3 is 15.2 Å². The number of tetrazole rings is 1. The molecule has 0 aliphatic heterocycles. The number of hydrogen-bond acceptors (Lipinski definition) is 7. The summed E-state index contributed by atoms with van der Waals surface area (Å²) < 4.78 is 4.60. The zero-order valence-corrected chi connectivity index (χ0v) is 9.75. The van der Waals surface area contributed by atoms with Crippen LogP contribution >= 0.6 is 0 Å². The van der Waals surface area contributed by atoms with Gasteiger partial charge in [0, 0.05) is 0 Å². The van der Waals surface area contributed by atoms with E-state index < -0.39 is 5.91 Å². The number of aromatic nitrogens is 4. The molecule has 1 amide bonds. The molecule has 3 N–H and O–H groups in total. The summed E-state index contributed by atoms with van der Waals surface area (Å²) >= 11 is 0. The molecule has 0 bridgehead atoms. The van der Waals surface area contributed by atoms with Gasteiger partial charge >= 0.3 is 0 Å². The number of rotatable bonds is 4. The highest BCUT2D eigenvalue weighted by molar-refractivity contribution is 6.02. The van der Waals surface area contributed by atoms with Crippen LogP contribution in [0.3, 0.4) is 0 Å². The zero-order valence-electron chi connectivity index (χ0n) is 9.75. The van der Waals surface area contributed by atoms with Crippen molar-refractivity contribution in [3.05, 3.63) is 23.5 Å². The van der Waals surface area contributed by atoms with Crippen molar-refractivity contribution in [1.82, 2.24) is 20.6 Å². The van der Waals surface area contributed by atoms with Gasteiger partial charge in [-0.15, -0.1) is 10.2 Å². The van der Waals surface area contributed by atoms with Crippen molar-refractivity contribution in [2.45, 2.75) is 6.92 Å². The van der Waals surface area contributed by atoms with Crippen molar-refractivity contribution < 1.29 is 19.4 Å². The minimum absolute atomic E-state index is 0.0570. The Balaban J connectivity index is 2.29. The SMILES string of the molecule is Cc1cc(NC(=O)c2nn[nH]n2)c(O)c(OC=O)c1. The molecule has 1 aromatic carbocycles. The van der Waals surface area contributed by atoms with Crippen molar-refractivity contribution in [2.75, 3.05) is 5.32 Å². The summed E-state index contributed by atoms with van der Waals surface area (Å²) in [7, 11) is 0. The van der Waals surface area contributed by atoms with Gasteiger partial charge in [-0.05, 0) is 29.8 Å². The number of carbonyl (C=O) groups is 2. The largest absolute Gasteiger partial charge is 0.503 e. The third-order valence-corrected chi connectivity index (χ3v) is 2.19. The third kappa shape index (κ3) is 2.65. The van der Waals surface area contributed by atoms with Crippen molar-refractivity contribution >= 4 is 18.1 Å². The van der Waals surface area contributed by atoms with Crippen molar-refractivity contribution in [3.8, 4) is 11.5 Å². The first-order valence-corrected chi connectivity index (χ1v) is 5.10. The number of hydrogen-bond donors (Lipinski definition) is 3. The van der Waals surface area contributed by atoms with Gasteiger partial charge in [-0.1, -0.05) is 0 Å². The van der Waals surface area contributed by atoms with Crippen molar-refractivity contribution in [3.63, 3.8) is 0 Å². The first kappa shape index (κ1) is 12.5. The first-order valence-electron chi connectivity index (χ1n) is 5.10. The van der Waals surface area contributed by atoms with E-state index in [-0.39, 0.29) is 29.5 Å². The first-order chi connectivity index (χ1) is 9.11. The van der Waals surface area contributed by atoms with Gasteiger partial charge in [0.15, 0.2) is 11.5 Å². The Kier molecular flexibility index (Phi) is 3.37. The Hall–Kier alpha value is -2.97. The van der Waals surface area contributed by atoms with E-state index >= 15 is 0 Å². The normalized spacial score (nSPS) is 9.95. The maximum Gasteiger partial charge on any atom is 0.298 e. The van der Waals surface area contributed by atoms with Crippen LogP contribution in [0.25, 0.3) is 0 Å². The Bertz CT molecular complexity index is 611. The standard InChI is InChI=1S/C10H9N5O4/c1-5-2-6(8(17)7(3-5)19-4-16)11-10(18)9-12-14-15-13-9/h2-4,17H,1H3,(H,11,18)(H,12,13,14,15). The van der Waals surface area contributed by atoms with Crippen LogP contribution in [0, 0.1) is 6.92 Å². The predicted molar refractivity (Wildman–Crippen MR) is 61.7 cm³/mol. The molecule has 2 aromatic rings. The molecule has 0 aliphatic rings. The number of anilines is 1. The number of ether oxygens (including phenoxy) is 1. The molecule has 1 aromatic heterocycles. The van der Waals surface area contributed by atoms with Crippen LogP contribution in [0.4, 0.5) is 5.69 Å². The molecule has 2 rings (SSSR count). The molecule has 9 nitrogen and oxygen atoms in total. The molecule has 0 saturated heterocycles. The number of benzene rings is 1. The monoisotopic (exact) mass is 263 g/mol. The molecule has 0 unspecified atom stereocenters. The van der Waals surface area contributed by atoms with Crippen LogP contribution in [-0.4, -0.2) is 38.1 Å². The summed E-state index contributed by atoms with van der Waals surface area (Å²) in [5, 5.41) is 24.6. The van der Waals surface area contributed by atoms with E-state index in [1.54, 1.807) is 6.92 Å². The number of phenols is 1. The number of carbonyl (C=O) groups excluding carboxylic acids is 2. The molecule has 19 heavy (non-hydrogen) atoms. The Morgan fingerprint density at radius 3 is 2.95 bits per heavy atom. The molecule has 0 fully saturated rings. The lowest BCUT2D eigenvalue weighted by Gasteiger charge is -2.09. The van der Waals surface area contributed by atoms with E-state index in [4.69, 9.17) is 0 Å². The summed E-state index contributed by atoms with van der Waals surface area (Å²) in [5.74, 6) is -1.27. The lowest BCUT2D eigenvalue weighted by molar-refractivity contribution is -0.120. The van der Waals surface area contributed by atoms with Crippen molar-refractivity contribution in [2.24, 2.45) is 0 Å². The average molecular weight is 263 g/mol. The molecular weight excluding hydrogens is 254 g/mol. The molecule has 0 atom stereocenters. The van der Waals surface area contributed by atoms with Gasteiger partial charge in [-0.2, -0.15) is 5.21 Å². The number of amides is 1. The van der Waals surface area contributed by atoms with E-state index in [9.17, 15) is 14.7 Å². The Morgan fingerprint density at radius 1 is 1.53 bits per heavy atom. The van der Waals surface area contributed by atoms with Crippen LogP contribution in [0.2, 0.25) is 0 Å². The number of nitrogens with zero attached hydrogens (tertiary/aromatic N) is 3. The number of phenolic OH excluding ortho intramolecular Hbond substituents is 1. The van der Waals surface area contributed by atoms with Crippen LogP contribution < -0.4 is 10.1 Å². The molecule has 98 valence electrons. The maximum atomic E-state index is 11.7. The lowest BCUT2D eigenvalue weighted by Crippen LogP contribution is -2.14. The average Bonchev–Trinajstić information content (AvgIpc) is 2.89. The minimum atomic E-state index is -0.660. The zero-order chi connectivity index (χ0) is 13.8. The highest BCUT2D eigenvalue weighted by Crippen LogP contribution is 2.35. The van der Waals surface area contributed by atoms with E-state index in [1.807, 2.05) is 0 Å².